The van der Waals surface area contributed by atoms with Crippen LogP contribution >= 0.6 is 0 Å². The first-order valence-corrected chi connectivity index (χ1v) is 5.47. The van der Waals surface area contributed by atoms with E-state index >= 15 is 0 Å². The molecule has 1 aliphatic heterocycles. The Bertz CT molecular complexity index is 305. The Labute approximate surface area is 95.5 Å². The number of hydrogen-bond donors (Lipinski definition) is 1. The maximum atomic E-state index is 5.79. The fraction of sp³-hybridized carbons (Fsp3) is 0.500. The highest BCUT2D eigenvalue weighted by Crippen LogP contribution is 2.18. The van der Waals surface area contributed by atoms with Crippen LogP contribution in [0.4, 0.5) is 0 Å². The van der Waals surface area contributed by atoms with Gasteiger partial charge in [0.25, 0.3) is 0 Å². The predicted octanol–water partition coefficient (Wildman–Crippen LogP) is 1.06. The lowest BCUT2D eigenvalue weighted by Gasteiger charge is -2.16. The average molecular weight is 223 g/mol. The van der Waals surface area contributed by atoms with E-state index in [0.29, 0.717) is 6.61 Å². The number of rotatable bonds is 3. The molecule has 2 rings (SSSR count). The lowest BCUT2D eigenvalue weighted by molar-refractivity contribution is 0.0728. The van der Waals surface area contributed by atoms with Crippen LogP contribution in [-0.4, -0.2) is 39.5 Å². The summed E-state index contributed by atoms with van der Waals surface area (Å²) in [6.07, 6.45) is 0.0795. The van der Waals surface area contributed by atoms with Crippen molar-refractivity contribution in [2.75, 3.05) is 33.4 Å². The summed E-state index contributed by atoms with van der Waals surface area (Å²) >= 11 is 0. The SMILES string of the molecule is COc1ccc(O[C@H]2CNCCOC2)cc1. The van der Waals surface area contributed by atoms with Crippen LogP contribution in [0.25, 0.3) is 0 Å². The molecule has 1 aliphatic rings. The van der Waals surface area contributed by atoms with Crippen molar-refractivity contribution in [1.29, 1.82) is 0 Å². The summed E-state index contributed by atoms with van der Waals surface area (Å²) in [5.41, 5.74) is 0. The van der Waals surface area contributed by atoms with Gasteiger partial charge in [-0.2, -0.15) is 0 Å². The number of benzene rings is 1. The van der Waals surface area contributed by atoms with Gasteiger partial charge in [0, 0.05) is 13.1 Å². The van der Waals surface area contributed by atoms with Gasteiger partial charge in [-0.25, -0.2) is 0 Å². The molecule has 1 aromatic rings. The minimum atomic E-state index is 0.0795. The maximum absolute atomic E-state index is 5.79. The zero-order valence-corrected chi connectivity index (χ0v) is 9.44. The Balaban J connectivity index is 1.91. The maximum Gasteiger partial charge on any atom is 0.134 e. The molecular weight excluding hydrogens is 206 g/mol. The first-order valence-electron chi connectivity index (χ1n) is 5.47. The van der Waals surface area contributed by atoms with Crippen molar-refractivity contribution < 1.29 is 14.2 Å². The van der Waals surface area contributed by atoms with Gasteiger partial charge in [-0.1, -0.05) is 0 Å². The van der Waals surface area contributed by atoms with Crippen LogP contribution in [0, 0.1) is 0 Å². The van der Waals surface area contributed by atoms with E-state index in [0.717, 1.165) is 31.2 Å². The van der Waals surface area contributed by atoms with Gasteiger partial charge in [-0.15, -0.1) is 0 Å². The quantitative estimate of drug-likeness (QED) is 0.832. The van der Waals surface area contributed by atoms with E-state index in [1.165, 1.54) is 0 Å². The molecule has 0 amide bonds. The number of nitrogens with one attached hydrogen (secondary N) is 1. The summed E-state index contributed by atoms with van der Waals surface area (Å²) in [5.74, 6) is 1.68. The average Bonchev–Trinajstić information content (AvgIpc) is 2.59. The van der Waals surface area contributed by atoms with Crippen molar-refractivity contribution in [3.05, 3.63) is 24.3 Å². The van der Waals surface area contributed by atoms with Gasteiger partial charge < -0.3 is 19.5 Å². The van der Waals surface area contributed by atoms with Crippen LogP contribution in [-0.2, 0) is 4.74 Å². The Morgan fingerprint density at radius 2 is 2.00 bits per heavy atom. The van der Waals surface area contributed by atoms with Crippen LogP contribution in [0.15, 0.2) is 24.3 Å². The van der Waals surface area contributed by atoms with E-state index in [-0.39, 0.29) is 6.10 Å². The molecule has 0 spiro atoms. The van der Waals surface area contributed by atoms with Crippen LogP contribution in [0.3, 0.4) is 0 Å². The van der Waals surface area contributed by atoms with Gasteiger partial charge in [0.2, 0.25) is 0 Å². The molecule has 1 aromatic carbocycles. The predicted molar refractivity (Wildman–Crippen MR) is 61.1 cm³/mol. The minimum Gasteiger partial charge on any atom is -0.497 e. The summed E-state index contributed by atoms with van der Waals surface area (Å²) in [6, 6.07) is 7.59. The molecule has 16 heavy (non-hydrogen) atoms. The fourth-order valence-corrected chi connectivity index (χ4v) is 1.60. The monoisotopic (exact) mass is 223 g/mol. The molecular formula is C12H17NO3. The topological polar surface area (TPSA) is 39.7 Å². The van der Waals surface area contributed by atoms with E-state index in [9.17, 15) is 0 Å². The smallest absolute Gasteiger partial charge is 0.134 e. The van der Waals surface area contributed by atoms with Crippen molar-refractivity contribution in [3.63, 3.8) is 0 Å². The van der Waals surface area contributed by atoms with E-state index in [2.05, 4.69) is 5.32 Å². The summed E-state index contributed by atoms with van der Waals surface area (Å²) in [6.45, 7) is 3.11. The molecule has 0 aromatic heterocycles. The summed E-state index contributed by atoms with van der Waals surface area (Å²) in [5, 5.41) is 3.27. The zero-order valence-electron chi connectivity index (χ0n) is 9.44. The molecule has 1 atom stereocenters. The van der Waals surface area contributed by atoms with Gasteiger partial charge in [0.05, 0.1) is 20.3 Å². The van der Waals surface area contributed by atoms with Crippen molar-refractivity contribution >= 4 is 0 Å². The molecule has 0 bridgehead atoms. The Hall–Kier alpha value is -1.26. The standard InChI is InChI=1S/C12H17NO3/c1-14-10-2-4-11(5-3-10)16-12-8-13-6-7-15-9-12/h2-5,12-13H,6-9H2,1H3/t12-/m0/s1. The molecule has 88 valence electrons. The molecule has 0 aliphatic carbocycles. The zero-order chi connectivity index (χ0) is 11.2. The second kappa shape index (κ2) is 5.72. The summed E-state index contributed by atoms with van der Waals surface area (Å²) < 4.78 is 16.3. The first-order chi connectivity index (χ1) is 7.88. The molecule has 1 heterocycles. The molecule has 0 saturated carbocycles. The highest BCUT2D eigenvalue weighted by Gasteiger charge is 2.13. The second-order valence-corrected chi connectivity index (χ2v) is 3.69. The number of ether oxygens (including phenoxy) is 3. The van der Waals surface area contributed by atoms with Gasteiger partial charge in [-0.3, -0.25) is 0 Å². The minimum absolute atomic E-state index is 0.0795. The third-order valence-electron chi connectivity index (χ3n) is 2.46. The first kappa shape index (κ1) is 11.2. The van der Waals surface area contributed by atoms with Gasteiger partial charge in [0.1, 0.15) is 17.6 Å². The van der Waals surface area contributed by atoms with E-state index in [1.54, 1.807) is 7.11 Å². The van der Waals surface area contributed by atoms with Crippen LogP contribution in [0.1, 0.15) is 0 Å². The highest BCUT2D eigenvalue weighted by atomic mass is 16.5. The van der Waals surface area contributed by atoms with Crippen molar-refractivity contribution in [1.82, 2.24) is 5.32 Å². The van der Waals surface area contributed by atoms with Crippen LogP contribution in [0.5, 0.6) is 11.5 Å². The molecule has 1 fully saturated rings. The highest BCUT2D eigenvalue weighted by molar-refractivity contribution is 5.31. The number of methoxy groups -OCH3 is 1. The van der Waals surface area contributed by atoms with Crippen LogP contribution in [0.2, 0.25) is 0 Å². The second-order valence-electron chi connectivity index (χ2n) is 3.69. The van der Waals surface area contributed by atoms with E-state index in [1.807, 2.05) is 24.3 Å². The van der Waals surface area contributed by atoms with Crippen LogP contribution < -0.4 is 14.8 Å². The lowest BCUT2D eigenvalue weighted by Crippen LogP contribution is -2.31. The molecule has 1 N–H and O–H groups in total. The largest absolute Gasteiger partial charge is 0.497 e. The van der Waals surface area contributed by atoms with Crippen molar-refractivity contribution in [2.24, 2.45) is 0 Å². The summed E-state index contributed by atoms with van der Waals surface area (Å²) in [7, 11) is 1.65. The van der Waals surface area contributed by atoms with E-state index in [4.69, 9.17) is 14.2 Å². The Morgan fingerprint density at radius 3 is 2.75 bits per heavy atom. The Morgan fingerprint density at radius 1 is 1.25 bits per heavy atom. The van der Waals surface area contributed by atoms with Gasteiger partial charge in [-0.05, 0) is 24.3 Å². The molecule has 0 unspecified atom stereocenters. The Kier molecular flexibility index (Phi) is 4.02. The van der Waals surface area contributed by atoms with Gasteiger partial charge in [0.15, 0.2) is 0 Å². The molecule has 0 radical (unpaired) electrons. The summed E-state index contributed by atoms with van der Waals surface area (Å²) in [4.78, 5) is 0. The molecule has 1 saturated heterocycles. The fourth-order valence-electron chi connectivity index (χ4n) is 1.60. The van der Waals surface area contributed by atoms with Crippen molar-refractivity contribution in [2.45, 2.75) is 6.10 Å². The normalized spacial score (nSPS) is 21.2. The van der Waals surface area contributed by atoms with E-state index < -0.39 is 0 Å². The third-order valence-corrected chi connectivity index (χ3v) is 2.46. The molecule has 4 heteroatoms. The lowest BCUT2D eigenvalue weighted by atomic mass is 10.3. The van der Waals surface area contributed by atoms with Gasteiger partial charge >= 0.3 is 0 Å². The third kappa shape index (κ3) is 3.12. The molecule has 4 nitrogen and oxygen atoms in total. The number of hydrogen-bond acceptors (Lipinski definition) is 4. The van der Waals surface area contributed by atoms with Crippen molar-refractivity contribution in [3.8, 4) is 11.5 Å².